The van der Waals surface area contributed by atoms with Crippen molar-refractivity contribution in [3.05, 3.63) is 42.5 Å². The van der Waals surface area contributed by atoms with Gasteiger partial charge in [0.2, 0.25) is 0 Å². The number of carbonyl (C=O) groups is 1. The average molecular weight is 300 g/mol. The Hall–Kier alpha value is -1.61. The maximum atomic E-state index is 13.0. The first-order valence-corrected chi connectivity index (χ1v) is 7.85. The third kappa shape index (κ3) is 1.69. The van der Waals surface area contributed by atoms with E-state index in [0.717, 1.165) is 24.2 Å². The number of rotatable bonds is 4. The van der Waals surface area contributed by atoms with Crippen LogP contribution in [0.25, 0.3) is 0 Å². The largest absolute Gasteiger partial charge is 0.497 e. The van der Waals surface area contributed by atoms with Crippen molar-refractivity contribution < 1.29 is 14.6 Å². The van der Waals surface area contributed by atoms with Crippen LogP contribution in [0.15, 0.2) is 36.9 Å². The molecule has 3 heteroatoms. The Kier molecular flexibility index (Phi) is 3.26. The molecule has 1 aromatic carbocycles. The minimum atomic E-state index is -1.29. The number of carbonyl (C=O) groups excluding carboxylic acids is 1. The quantitative estimate of drug-likeness (QED) is 0.869. The molecule has 0 amide bonds. The van der Waals surface area contributed by atoms with E-state index >= 15 is 0 Å². The second-order valence-corrected chi connectivity index (χ2v) is 7.27. The zero-order valence-electron chi connectivity index (χ0n) is 13.6. The van der Waals surface area contributed by atoms with Crippen LogP contribution in [-0.4, -0.2) is 23.6 Å². The molecule has 3 rings (SSSR count). The third-order valence-corrected chi connectivity index (χ3v) is 6.20. The highest BCUT2D eigenvalue weighted by Crippen LogP contribution is 2.68. The van der Waals surface area contributed by atoms with Crippen LogP contribution in [0, 0.1) is 16.7 Å². The fourth-order valence-corrected chi connectivity index (χ4v) is 4.87. The number of hydrogen-bond acceptors (Lipinski definition) is 3. The second-order valence-electron chi connectivity index (χ2n) is 7.27. The van der Waals surface area contributed by atoms with Crippen LogP contribution in [0.1, 0.15) is 32.3 Å². The van der Waals surface area contributed by atoms with Gasteiger partial charge in [0.15, 0.2) is 5.78 Å². The Morgan fingerprint density at radius 1 is 1.36 bits per heavy atom. The summed E-state index contributed by atoms with van der Waals surface area (Å²) in [7, 11) is 1.62. The fraction of sp³-hybridized carbons (Fsp3) is 0.526. The first-order chi connectivity index (χ1) is 10.3. The molecule has 2 aliphatic carbocycles. The lowest BCUT2D eigenvalue weighted by Crippen LogP contribution is -2.48. The van der Waals surface area contributed by atoms with Gasteiger partial charge in [-0.2, -0.15) is 0 Å². The fourth-order valence-electron chi connectivity index (χ4n) is 4.87. The van der Waals surface area contributed by atoms with Crippen molar-refractivity contribution in [2.24, 2.45) is 16.7 Å². The van der Waals surface area contributed by atoms with Crippen LogP contribution in [0.5, 0.6) is 5.75 Å². The lowest BCUT2D eigenvalue weighted by Gasteiger charge is -2.33. The van der Waals surface area contributed by atoms with Gasteiger partial charge in [0, 0.05) is 12.3 Å². The van der Waals surface area contributed by atoms with Crippen LogP contribution in [0.2, 0.25) is 0 Å². The summed E-state index contributed by atoms with van der Waals surface area (Å²) in [5.74, 6) is 0.706. The molecule has 0 aromatic heterocycles. The van der Waals surface area contributed by atoms with E-state index in [-0.39, 0.29) is 17.1 Å². The number of aliphatic hydroxyl groups is 1. The van der Waals surface area contributed by atoms with Crippen molar-refractivity contribution in [3.8, 4) is 5.75 Å². The normalized spacial score (nSPS) is 35.6. The van der Waals surface area contributed by atoms with Gasteiger partial charge in [0.05, 0.1) is 12.5 Å². The van der Waals surface area contributed by atoms with E-state index in [4.69, 9.17) is 4.74 Å². The molecular formula is C19H24O3. The van der Waals surface area contributed by atoms with Crippen molar-refractivity contribution in [2.75, 3.05) is 7.11 Å². The van der Waals surface area contributed by atoms with Crippen molar-refractivity contribution in [1.82, 2.24) is 0 Å². The van der Waals surface area contributed by atoms with Crippen molar-refractivity contribution in [2.45, 2.75) is 38.7 Å². The van der Waals surface area contributed by atoms with Crippen molar-refractivity contribution in [1.29, 1.82) is 0 Å². The van der Waals surface area contributed by atoms with Gasteiger partial charge < -0.3 is 9.84 Å². The van der Waals surface area contributed by atoms with Gasteiger partial charge in [0.25, 0.3) is 0 Å². The number of fused-ring (bicyclic) bond motifs is 2. The number of Topliss-reactive ketones (excluding diaryl/α,β-unsaturated/α-hetero) is 1. The highest BCUT2D eigenvalue weighted by atomic mass is 16.5. The Morgan fingerprint density at radius 2 is 2.00 bits per heavy atom. The highest BCUT2D eigenvalue weighted by Gasteiger charge is 2.73. The predicted octanol–water partition coefficient (Wildman–Crippen LogP) is 3.16. The molecule has 0 aliphatic heterocycles. The average Bonchev–Trinajstić information content (AvgIpc) is 2.83. The molecule has 3 nitrogen and oxygen atoms in total. The van der Waals surface area contributed by atoms with Crippen LogP contribution < -0.4 is 4.74 Å². The second kappa shape index (κ2) is 4.69. The molecule has 1 aromatic rings. The standard InChI is InChI=1S/C19H24O3/c1-5-18-11-10-15(17(18,2)3)19(21,16(18)20)12-13-6-8-14(22-4)9-7-13/h5-9,15,21H,1,10-12H2,2-4H3/t15-,18-,19-/m0/s1. The summed E-state index contributed by atoms with van der Waals surface area (Å²) < 4.78 is 5.16. The van der Waals surface area contributed by atoms with E-state index in [1.54, 1.807) is 13.2 Å². The molecule has 0 saturated heterocycles. The van der Waals surface area contributed by atoms with Crippen molar-refractivity contribution in [3.63, 3.8) is 0 Å². The molecule has 3 atom stereocenters. The van der Waals surface area contributed by atoms with E-state index in [1.807, 2.05) is 24.3 Å². The number of ether oxygens (including phenoxy) is 1. The summed E-state index contributed by atoms with van der Waals surface area (Å²) in [6, 6.07) is 7.57. The molecule has 2 fully saturated rings. The van der Waals surface area contributed by atoms with Gasteiger partial charge in [-0.15, -0.1) is 6.58 Å². The monoisotopic (exact) mass is 300 g/mol. The molecule has 0 spiro atoms. The van der Waals surface area contributed by atoms with Crippen LogP contribution in [0.4, 0.5) is 0 Å². The topological polar surface area (TPSA) is 46.5 Å². The Bertz CT molecular complexity index is 616. The number of allylic oxidation sites excluding steroid dienone is 1. The van der Waals surface area contributed by atoms with E-state index in [2.05, 4.69) is 20.4 Å². The Balaban J connectivity index is 1.96. The Labute approximate surface area is 132 Å². The van der Waals surface area contributed by atoms with Gasteiger partial charge in [-0.1, -0.05) is 32.1 Å². The van der Waals surface area contributed by atoms with Crippen LogP contribution in [-0.2, 0) is 11.2 Å². The SMILES string of the molecule is C=C[C@@]12CC[C@@H](C1(C)C)[C@@](O)(Cc1ccc(OC)cc1)C2=O. The van der Waals surface area contributed by atoms with Gasteiger partial charge in [0.1, 0.15) is 11.4 Å². The van der Waals surface area contributed by atoms with E-state index in [1.165, 1.54) is 0 Å². The summed E-state index contributed by atoms with van der Waals surface area (Å²) >= 11 is 0. The molecule has 0 unspecified atom stereocenters. The summed E-state index contributed by atoms with van der Waals surface area (Å²) in [5.41, 5.74) is -1.16. The summed E-state index contributed by atoms with van der Waals surface area (Å²) in [4.78, 5) is 13.0. The zero-order valence-corrected chi connectivity index (χ0v) is 13.6. The number of hydrogen-bond donors (Lipinski definition) is 1. The summed E-state index contributed by atoms with van der Waals surface area (Å²) in [5, 5.41) is 11.2. The summed E-state index contributed by atoms with van der Waals surface area (Å²) in [6.07, 6.45) is 3.82. The Morgan fingerprint density at radius 3 is 2.50 bits per heavy atom. The molecule has 22 heavy (non-hydrogen) atoms. The maximum absolute atomic E-state index is 13.0. The molecule has 1 N–H and O–H groups in total. The predicted molar refractivity (Wildman–Crippen MR) is 85.8 cm³/mol. The zero-order chi connectivity index (χ0) is 16.2. The number of ketones is 1. The molecule has 0 heterocycles. The van der Waals surface area contributed by atoms with Crippen LogP contribution >= 0.6 is 0 Å². The van der Waals surface area contributed by atoms with Gasteiger partial charge >= 0.3 is 0 Å². The molecular weight excluding hydrogens is 276 g/mol. The summed E-state index contributed by atoms with van der Waals surface area (Å²) in [6.45, 7) is 8.09. The lowest BCUT2D eigenvalue weighted by atomic mass is 9.69. The first kappa shape index (κ1) is 15.3. The number of methoxy groups -OCH3 is 1. The van der Waals surface area contributed by atoms with E-state index < -0.39 is 11.0 Å². The van der Waals surface area contributed by atoms with Gasteiger partial charge in [-0.05, 0) is 36.0 Å². The molecule has 0 radical (unpaired) electrons. The van der Waals surface area contributed by atoms with E-state index in [0.29, 0.717) is 6.42 Å². The molecule has 2 bridgehead atoms. The molecule has 2 aliphatic rings. The maximum Gasteiger partial charge on any atom is 0.175 e. The van der Waals surface area contributed by atoms with Gasteiger partial charge in [-0.25, -0.2) is 0 Å². The minimum Gasteiger partial charge on any atom is -0.497 e. The van der Waals surface area contributed by atoms with Crippen molar-refractivity contribution >= 4 is 5.78 Å². The first-order valence-electron chi connectivity index (χ1n) is 7.85. The third-order valence-electron chi connectivity index (χ3n) is 6.20. The van der Waals surface area contributed by atoms with Gasteiger partial charge in [-0.3, -0.25) is 4.79 Å². The highest BCUT2D eigenvalue weighted by molar-refractivity contribution is 5.99. The molecule has 118 valence electrons. The van der Waals surface area contributed by atoms with E-state index in [9.17, 15) is 9.90 Å². The lowest BCUT2D eigenvalue weighted by molar-refractivity contribution is -0.145. The smallest absolute Gasteiger partial charge is 0.175 e. The van der Waals surface area contributed by atoms with Crippen LogP contribution in [0.3, 0.4) is 0 Å². The number of benzene rings is 1. The minimum absolute atomic E-state index is 0.0207. The molecule has 2 saturated carbocycles.